The number of primary amides is 1. The first-order chi connectivity index (χ1) is 37.2. The molecule has 4 aromatic rings. The van der Waals surface area contributed by atoms with Gasteiger partial charge in [0, 0.05) is 72.6 Å². The van der Waals surface area contributed by atoms with Crippen LogP contribution in [0.2, 0.25) is 0 Å². The zero-order valence-corrected chi connectivity index (χ0v) is 43.7. The lowest BCUT2D eigenvalue weighted by Crippen LogP contribution is -2.61. The van der Waals surface area contributed by atoms with Crippen LogP contribution in [0.4, 0.5) is 8.78 Å². The monoisotopic (exact) mass is 1100 g/mol. The largest absolute Gasteiger partial charge is 0.399 e. The van der Waals surface area contributed by atoms with Crippen molar-refractivity contribution in [3.63, 3.8) is 0 Å². The van der Waals surface area contributed by atoms with Crippen LogP contribution in [-0.4, -0.2) is 140 Å². The van der Waals surface area contributed by atoms with Gasteiger partial charge in [0.05, 0.1) is 12.6 Å². The quantitative estimate of drug-likeness (QED) is 0.0273. The first-order valence-corrected chi connectivity index (χ1v) is 27.5. The molecule has 0 aliphatic carbocycles. The van der Waals surface area contributed by atoms with Crippen molar-refractivity contribution in [3.8, 4) is 11.8 Å². The molecule has 3 aromatic carbocycles. The fourth-order valence-electron chi connectivity index (χ4n) is 10.4. The number of carbonyl (C=O) groups excluding carboxylic acids is 8. The summed E-state index contributed by atoms with van der Waals surface area (Å²) >= 11 is 0. The van der Waals surface area contributed by atoms with Crippen LogP contribution in [0.3, 0.4) is 0 Å². The average molecular weight is 1100 g/mol. The molecule has 6 atom stereocenters. The highest BCUT2D eigenvalue weighted by Gasteiger charge is 2.51. The highest BCUT2D eigenvalue weighted by Crippen LogP contribution is 2.59. The molecule has 1 unspecified atom stereocenters. The molecule has 24 heteroatoms. The summed E-state index contributed by atoms with van der Waals surface area (Å²) in [7, 11) is -4.09. The number of carbonyl (C=O) groups is 8. The highest BCUT2D eigenvalue weighted by atomic mass is 31.2. The van der Waals surface area contributed by atoms with Crippen LogP contribution in [0.15, 0.2) is 72.8 Å². The molecule has 0 radical (unpaired) electrons. The number of halogens is 2. The van der Waals surface area contributed by atoms with E-state index in [1.807, 2.05) is 29.2 Å². The Morgan fingerprint density at radius 2 is 1.73 bits per heavy atom. The van der Waals surface area contributed by atoms with Gasteiger partial charge in [-0.3, -0.25) is 48.2 Å². The number of nitrogens with one attached hydrogen (secondary N) is 5. The Morgan fingerprint density at radius 1 is 0.949 bits per heavy atom. The minimum atomic E-state index is -5.87. The number of hydrogen-bond donors (Lipinski definition) is 8. The molecule has 9 N–H and O–H groups in total. The van der Waals surface area contributed by atoms with Gasteiger partial charge in [-0.2, -0.15) is 8.78 Å². The predicted molar refractivity (Wildman–Crippen MR) is 278 cm³/mol. The molecule has 8 amide bonds. The molecule has 78 heavy (non-hydrogen) atoms. The van der Waals surface area contributed by atoms with Crippen molar-refractivity contribution < 1.29 is 66.2 Å². The number of imide groups is 1. The van der Waals surface area contributed by atoms with E-state index in [0.717, 1.165) is 42.2 Å². The van der Waals surface area contributed by atoms with Gasteiger partial charge >= 0.3 is 13.3 Å². The molecule has 4 aliphatic heterocycles. The molecular weight excluding hydrogens is 1040 g/mol. The molecular formula is C54H62F2N9O12P. The van der Waals surface area contributed by atoms with E-state index in [1.54, 1.807) is 31.3 Å². The maximum atomic E-state index is 14.5. The van der Waals surface area contributed by atoms with E-state index in [0.29, 0.717) is 50.0 Å². The molecule has 1 aromatic heterocycles. The summed E-state index contributed by atoms with van der Waals surface area (Å²) in [5.74, 6) is 1.97. The topological polar surface area (TPSA) is 303 Å². The van der Waals surface area contributed by atoms with Crippen molar-refractivity contribution in [2.75, 3.05) is 33.4 Å². The van der Waals surface area contributed by atoms with E-state index >= 15 is 0 Å². The standard InChI is InChI=1S/C54H62F2N9O12P/c1-63-25-24-36-17-20-45(65(36)53(73)42(30-63)60-49(69)41-28-34-27-35(16-18-39(34)58-41)54(55,56)78(74,75)76)51(71)59-40(19-22-46(57)66)48(68)61-43(33-12-7-5-8-13-33)31-77-26-9-4-2-3-6-11-32-14-10-15-37-38(32)29-64(52(37)72)44-21-23-47(67)62-50(44)70/h5,7-8,10,12-16,18,27-28,36,40,42-45,58H,2-4,9,17,19-26,29-31H2,1H3,(H2,57,66)(H,59,71)(H,60,69)(H,61,68)(H,62,67,70)(H2,74,75,76)/t36-,40+,42+,43-,44?,45+/m1/s1. The fourth-order valence-corrected chi connectivity index (χ4v) is 10.9. The number of rotatable bonds is 20. The minimum Gasteiger partial charge on any atom is -0.379 e. The van der Waals surface area contributed by atoms with Gasteiger partial charge < -0.3 is 55.9 Å². The Balaban J connectivity index is 0.860. The van der Waals surface area contributed by atoms with Crippen molar-refractivity contribution in [1.29, 1.82) is 0 Å². The van der Waals surface area contributed by atoms with Crippen molar-refractivity contribution in [2.45, 2.75) is 119 Å². The second kappa shape index (κ2) is 24.5. The number of aromatic nitrogens is 1. The fraction of sp³-hybridized carbons (Fsp3) is 0.444. The highest BCUT2D eigenvalue weighted by molar-refractivity contribution is 7.52. The second-order valence-corrected chi connectivity index (χ2v) is 21.7. The molecule has 414 valence electrons. The van der Waals surface area contributed by atoms with Gasteiger partial charge in [0.1, 0.15) is 29.9 Å². The number of amides is 8. The third-order valence-corrected chi connectivity index (χ3v) is 15.6. The molecule has 0 saturated carbocycles. The normalized spacial score (nSPS) is 20.6. The lowest BCUT2D eigenvalue weighted by molar-refractivity contribution is -0.144. The van der Waals surface area contributed by atoms with Crippen LogP contribution >= 0.6 is 7.60 Å². The van der Waals surface area contributed by atoms with E-state index < -0.39 is 90.5 Å². The summed E-state index contributed by atoms with van der Waals surface area (Å²) in [6.07, 6.45) is 4.01. The van der Waals surface area contributed by atoms with Crippen LogP contribution in [0, 0.1) is 11.8 Å². The van der Waals surface area contributed by atoms with E-state index in [1.165, 1.54) is 15.9 Å². The van der Waals surface area contributed by atoms with E-state index in [2.05, 4.69) is 38.1 Å². The van der Waals surface area contributed by atoms with Crippen LogP contribution in [-0.2, 0) is 50.3 Å². The van der Waals surface area contributed by atoms with Crippen LogP contribution < -0.4 is 27.0 Å². The summed E-state index contributed by atoms with van der Waals surface area (Å²) in [6.45, 7) is 1.20. The molecule has 8 rings (SSSR count). The summed E-state index contributed by atoms with van der Waals surface area (Å²) in [5, 5.41) is 10.8. The number of unbranched alkanes of at least 4 members (excludes halogenated alkanes) is 3. The van der Waals surface area contributed by atoms with Gasteiger partial charge in [-0.1, -0.05) is 60.7 Å². The number of nitrogens with zero attached hydrogens (tertiary/aromatic N) is 3. The molecule has 3 saturated heterocycles. The number of ether oxygens (including phenoxy) is 1. The van der Waals surface area contributed by atoms with Gasteiger partial charge in [-0.25, -0.2) is 0 Å². The Labute approximate surface area is 447 Å². The zero-order chi connectivity index (χ0) is 55.9. The maximum Gasteiger partial charge on any atom is 0.399 e. The first-order valence-electron chi connectivity index (χ1n) is 25.9. The maximum absolute atomic E-state index is 14.5. The Bertz CT molecular complexity index is 3090. The first kappa shape index (κ1) is 56.8. The van der Waals surface area contributed by atoms with Gasteiger partial charge in [0.15, 0.2) is 0 Å². The molecule has 21 nitrogen and oxygen atoms in total. The van der Waals surface area contributed by atoms with Crippen molar-refractivity contribution in [3.05, 3.63) is 106 Å². The van der Waals surface area contributed by atoms with E-state index in [-0.39, 0.29) is 80.2 Å². The summed E-state index contributed by atoms with van der Waals surface area (Å²) in [5.41, 5.74) is 2.86. The number of alkyl halides is 2. The van der Waals surface area contributed by atoms with Crippen LogP contribution in [0.1, 0.15) is 120 Å². The van der Waals surface area contributed by atoms with Crippen molar-refractivity contribution in [1.82, 2.24) is 41.0 Å². The third kappa shape index (κ3) is 13.1. The Kier molecular flexibility index (Phi) is 17.9. The van der Waals surface area contributed by atoms with Crippen LogP contribution in [0.25, 0.3) is 10.9 Å². The molecule has 0 bridgehead atoms. The van der Waals surface area contributed by atoms with Gasteiger partial charge in [0.2, 0.25) is 35.4 Å². The van der Waals surface area contributed by atoms with E-state index in [9.17, 15) is 61.5 Å². The number of likely N-dealkylation sites (N-methyl/N-ethyl adjacent to an activating group) is 1. The SMILES string of the molecule is CN1CC[C@H]2CC[C@@H](C(=O)N[C@@H](CCC(N)=O)C(=O)N[C@H](COCCCCCC#Cc3cccc4c3CN(C3CCC(=O)NC3=O)C4=O)c3ccccc3)N2C(=O)[C@@H](NC(=O)c2cc3cc(C(F)(F)P(=O)(O)O)ccc3[nH]2)C1. The average Bonchev–Trinajstić information content (AvgIpc) is 4.18. The summed E-state index contributed by atoms with van der Waals surface area (Å²) in [6, 6.07) is 13.2. The Hall–Kier alpha value is -7.35. The second-order valence-electron chi connectivity index (χ2n) is 20.1. The minimum absolute atomic E-state index is 0.0422. The number of H-pyrrole nitrogens is 1. The number of piperidine rings is 1. The third-order valence-electron chi connectivity index (χ3n) is 14.6. The zero-order valence-electron chi connectivity index (χ0n) is 42.8. The molecule has 4 aliphatic rings. The number of aromatic amines is 1. The lowest BCUT2D eigenvalue weighted by Gasteiger charge is -2.38. The van der Waals surface area contributed by atoms with Gasteiger partial charge in [-0.05, 0) is 100.0 Å². The molecule has 3 fully saturated rings. The summed E-state index contributed by atoms with van der Waals surface area (Å²) < 4.78 is 46.6. The smallest absolute Gasteiger partial charge is 0.379 e. The van der Waals surface area contributed by atoms with Crippen molar-refractivity contribution >= 4 is 65.8 Å². The molecule has 0 spiro atoms. The van der Waals surface area contributed by atoms with Gasteiger partial charge in [0.25, 0.3) is 11.8 Å². The van der Waals surface area contributed by atoms with Crippen LogP contribution in [0.5, 0.6) is 0 Å². The number of nitrogens with two attached hydrogens (primary N) is 1. The Morgan fingerprint density at radius 3 is 2.47 bits per heavy atom. The van der Waals surface area contributed by atoms with Crippen molar-refractivity contribution in [2.24, 2.45) is 5.73 Å². The van der Waals surface area contributed by atoms with E-state index in [4.69, 9.17) is 10.5 Å². The predicted octanol–water partition coefficient (Wildman–Crippen LogP) is 3.19. The number of benzene rings is 3. The lowest BCUT2D eigenvalue weighted by atomic mass is 10.0. The van der Waals surface area contributed by atoms with Gasteiger partial charge in [-0.15, -0.1) is 0 Å². The number of fused-ring (bicyclic) bond motifs is 3. The molecule has 5 heterocycles. The summed E-state index contributed by atoms with van der Waals surface area (Å²) in [4.78, 5) is 132. The number of hydrogen-bond acceptors (Lipinski definition) is 11.